The second-order valence-electron chi connectivity index (χ2n) is 10.1. The molecule has 1 aliphatic rings. The minimum absolute atomic E-state index is 0.153. The highest BCUT2D eigenvalue weighted by Gasteiger charge is 2.36. The average molecular weight is 619 g/mol. The zero-order valence-corrected chi connectivity index (χ0v) is 26.1. The molecule has 1 N–H and O–H groups in total. The molecule has 1 aliphatic heterocycles. The summed E-state index contributed by atoms with van der Waals surface area (Å²) in [6, 6.07) is 22.4. The van der Waals surface area contributed by atoms with Crippen LogP contribution >= 0.6 is 23.4 Å². The van der Waals surface area contributed by atoms with Gasteiger partial charge in [-0.25, -0.2) is 9.48 Å². The lowest BCUT2D eigenvalue weighted by atomic mass is 9.95. The number of carbonyl (C=O) groups excluding carboxylic acids is 1. The minimum atomic E-state index is -0.607. The van der Waals surface area contributed by atoms with Crippen LogP contribution in [0.1, 0.15) is 55.8 Å². The van der Waals surface area contributed by atoms with Gasteiger partial charge in [0.1, 0.15) is 12.6 Å². The fraction of sp³-hybridized carbons (Fsp3) is 0.303. The van der Waals surface area contributed by atoms with Crippen molar-refractivity contribution in [1.82, 2.24) is 14.8 Å². The third-order valence-corrected chi connectivity index (χ3v) is 8.34. The highest BCUT2D eigenvalue weighted by atomic mass is 35.5. The number of thioether (sulfide) groups is 1. The number of esters is 1. The van der Waals surface area contributed by atoms with Crippen molar-refractivity contribution in [3.8, 4) is 11.5 Å². The number of allylic oxidation sites excluding steroid dienone is 1. The summed E-state index contributed by atoms with van der Waals surface area (Å²) in [6.07, 6.45) is 3.18. The van der Waals surface area contributed by atoms with Crippen LogP contribution in [0.15, 0.2) is 89.2 Å². The molecule has 5 rings (SSSR count). The van der Waals surface area contributed by atoms with Crippen molar-refractivity contribution in [2.45, 2.75) is 56.7 Å². The molecule has 0 amide bonds. The van der Waals surface area contributed by atoms with Gasteiger partial charge in [0.05, 0.1) is 19.3 Å². The number of hydrogen-bond acceptors (Lipinski definition) is 8. The zero-order chi connectivity index (χ0) is 30.2. The molecule has 4 aromatic rings. The highest BCUT2D eigenvalue weighted by Crippen LogP contribution is 2.40. The largest absolute Gasteiger partial charge is 0.493 e. The maximum absolute atomic E-state index is 13.7. The maximum atomic E-state index is 13.7. The molecule has 0 fully saturated rings. The van der Waals surface area contributed by atoms with Gasteiger partial charge in [-0.2, -0.15) is 4.98 Å². The average Bonchev–Trinajstić information content (AvgIpc) is 3.43. The Bertz CT molecular complexity index is 1590. The lowest BCUT2D eigenvalue weighted by molar-refractivity contribution is -0.140. The summed E-state index contributed by atoms with van der Waals surface area (Å²) in [4.78, 5) is 18.4. The maximum Gasteiger partial charge on any atom is 0.338 e. The zero-order valence-electron chi connectivity index (χ0n) is 24.5. The van der Waals surface area contributed by atoms with Gasteiger partial charge in [0.25, 0.3) is 0 Å². The van der Waals surface area contributed by atoms with E-state index < -0.39 is 12.0 Å². The Morgan fingerprint density at radius 2 is 1.84 bits per heavy atom. The van der Waals surface area contributed by atoms with Crippen molar-refractivity contribution in [1.29, 1.82) is 0 Å². The van der Waals surface area contributed by atoms with Gasteiger partial charge in [-0.15, -0.1) is 5.10 Å². The van der Waals surface area contributed by atoms with Crippen molar-refractivity contribution in [2.75, 3.05) is 19.0 Å². The molecule has 0 saturated heterocycles. The summed E-state index contributed by atoms with van der Waals surface area (Å²) in [7, 11) is 1.61. The Morgan fingerprint density at radius 3 is 2.60 bits per heavy atom. The number of aromatic nitrogens is 3. The summed E-state index contributed by atoms with van der Waals surface area (Å²) in [6.45, 7) is 4.77. The third-order valence-electron chi connectivity index (χ3n) is 7.09. The van der Waals surface area contributed by atoms with Crippen LogP contribution in [0, 0.1) is 0 Å². The molecule has 0 radical (unpaired) electrons. The number of nitrogens with zero attached hydrogens (tertiary/aromatic N) is 3. The fourth-order valence-corrected chi connectivity index (χ4v) is 5.95. The predicted octanol–water partition coefficient (Wildman–Crippen LogP) is 7.83. The van der Waals surface area contributed by atoms with Gasteiger partial charge < -0.3 is 19.5 Å². The van der Waals surface area contributed by atoms with Crippen molar-refractivity contribution < 1.29 is 19.0 Å². The second-order valence-corrected chi connectivity index (χ2v) is 11.5. The lowest BCUT2D eigenvalue weighted by Crippen LogP contribution is -2.29. The lowest BCUT2D eigenvalue weighted by Gasteiger charge is -2.28. The summed E-state index contributed by atoms with van der Waals surface area (Å²) >= 11 is 7.85. The van der Waals surface area contributed by atoms with E-state index in [1.807, 2.05) is 79.7 Å². The molecule has 1 aromatic heterocycles. The molecule has 10 heteroatoms. The number of methoxy groups -OCH3 is 1. The Hall–Kier alpha value is -3.95. The molecule has 0 spiro atoms. The van der Waals surface area contributed by atoms with Crippen LogP contribution in [0.2, 0.25) is 5.02 Å². The molecule has 1 atom stereocenters. The number of halogens is 1. The van der Waals surface area contributed by atoms with Gasteiger partial charge in [-0.3, -0.25) is 0 Å². The van der Waals surface area contributed by atoms with E-state index in [1.54, 1.807) is 11.8 Å². The number of unbranched alkanes of at least 4 members (excludes halogenated alkanes) is 2. The standard InChI is InChI=1S/C33H35ClN4O4S/c1-4-5-11-18-41-27-17-16-24(19-28(27)40-3)30-29(31(39)42-20-23-12-7-6-8-13-23)22(2)35-32-36-33(37-38(30)32)43-21-25-14-9-10-15-26(25)34/h6-10,12-17,19,30H,4-5,11,18,20-21H2,1-3H3,(H,35,36,37). The van der Waals surface area contributed by atoms with Gasteiger partial charge in [-0.1, -0.05) is 97.7 Å². The number of anilines is 1. The van der Waals surface area contributed by atoms with Crippen LogP contribution in [0.25, 0.3) is 0 Å². The first-order valence-electron chi connectivity index (χ1n) is 14.3. The molecule has 2 heterocycles. The van der Waals surface area contributed by atoms with E-state index in [0.717, 1.165) is 36.0 Å². The Balaban J connectivity index is 1.47. The SMILES string of the molecule is CCCCCOc1ccc(C2C(C(=O)OCc3ccccc3)=C(C)Nc3nc(SCc4ccccc4Cl)nn32)cc1OC. The highest BCUT2D eigenvalue weighted by molar-refractivity contribution is 7.98. The minimum Gasteiger partial charge on any atom is -0.493 e. The van der Waals surface area contributed by atoms with Crippen molar-refractivity contribution in [3.63, 3.8) is 0 Å². The molecular weight excluding hydrogens is 584 g/mol. The summed E-state index contributed by atoms with van der Waals surface area (Å²) < 4.78 is 19.3. The number of fused-ring (bicyclic) bond motifs is 1. The number of ether oxygens (including phenoxy) is 3. The molecule has 0 bridgehead atoms. The molecule has 0 saturated carbocycles. The monoisotopic (exact) mass is 618 g/mol. The van der Waals surface area contributed by atoms with E-state index in [1.165, 1.54) is 11.8 Å². The number of benzene rings is 3. The number of hydrogen-bond donors (Lipinski definition) is 1. The van der Waals surface area contributed by atoms with Crippen LogP contribution in [-0.4, -0.2) is 34.5 Å². The predicted molar refractivity (Wildman–Crippen MR) is 170 cm³/mol. The van der Waals surface area contributed by atoms with Gasteiger partial charge in [0.15, 0.2) is 11.5 Å². The number of carbonyl (C=O) groups is 1. The summed E-state index contributed by atoms with van der Waals surface area (Å²) in [5.74, 6) is 1.92. The van der Waals surface area contributed by atoms with Crippen LogP contribution in [0.4, 0.5) is 5.95 Å². The van der Waals surface area contributed by atoms with Gasteiger partial charge in [0.2, 0.25) is 11.1 Å². The number of rotatable bonds is 13. The van der Waals surface area contributed by atoms with Crippen LogP contribution in [-0.2, 0) is 21.9 Å². The van der Waals surface area contributed by atoms with E-state index in [0.29, 0.717) is 51.3 Å². The summed E-state index contributed by atoms with van der Waals surface area (Å²) in [5.41, 5.74) is 3.77. The molecule has 3 aromatic carbocycles. The van der Waals surface area contributed by atoms with Gasteiger partial charge in [-0.05, 0) is 48.2 Å². The normalized spacial score (nSPS) is 14.2. The molecule has 8 nitrogen and oxygen atoms in total. The fourth-order valence-electron chi connectivity index (χ4n) is 4.83. The van der Waals surface area contributed by atoms with Crippen LogP contribution < -0.4 is 14.8 Å². The molecule has 224 valence electrons. The van der Waals surface area contributed by atoms with E-state index in [-0.39, 0.29) is 6.61 Å². The van der Waals surface area contributed by atoms with Gasteiger partial charge >= 0.3 is 5.97 Å². The van der Waals surface area contributed by atoms with E-state index in [4.69, 9.17) is 35.9 Å². The Labute approximate surface area is 261 Å². The van der Waals surface area contributed by atoms with Crippen LogP contribution in [0.3, 0.4) is 0 Å². The second kappa shape index (κ2) is 14.5. The molecule has 43 heavy (non-hydrogen) atoms. The van der Waals surface area contributed by atoms with Crippen molar-refractivity contribution in [2.24, 2.45) is 0 Å². The van der Waals surface area contributed by atoms with Crippen molar-refractivity contribution >= 4 is 35.3 Å². The van der Waals surface area contributed by atoms with E-state index in [2.05, 4.69) is 12.2 Å². The first-order chi connectivity index (χ1) is 21.0. The smallest absolute Gasteiger partial charge is 0.338 e. The molecule has 0 aliphatic carbocycles. The Kier molecular flexibility index (Phi) is 10.3. The molecular formula is C33H35ClN4O4S. The van der Waals surface area contributed by atoms with Crippen molar-refractivity contribution in [3.05, 3.63) is 106 Å². The van der Waals surface area contributed by atoms with E-state index in [9.17, 15) is 4.79 Å². The quantitative estimate of drug-likeness (QED) is 0.0921. The van der Waals surface area contributed by atoms with Gasteiger partial charge in [0, 0.05) is 16.5 Å². The first-order valence-corrected chi connectivity index (χ1v) is 15.7. The Morgan fingerprint density at radius 1 is 1.05 bits per heavy atom. The topological polar surface area (TPSA) is 87.5 Å². The van der Waals surface area contributed by atoms with E-state index >= 15 is 0 Å². The third kappa shape index (κ3) is 7.35. The first kappa shape index (κ1) is 30.5. The van der Waals surface area contributed by atoms with Crippen LogP contribution in [0.5, 0.6) is 11.5 Å². The summed E-state index contributed by atoms with van der Waals surface area (Å²) in [5, 5.41) is 9.36. The number of nitrogens with one attached hydrogen (secondary N) is 1. The molecule has 1 unspecified atom stereocenters.